The number of alkyl halides is 4. The highest BCUT2D eigenvalue weighted by atomic mass is 127. The number of carboxylic acid groups (broad SMARTS) is 1. The standard InChI is InChI=1S/C19H18F4INO5/c1-3-15(28-10-24)18(2,17(26)27)30-13-6-4-12(5-7-13)29-16-14(20)8-11(9-25-16)19(21,22)23/h4-9,15H,3,10H2,1-2H3,(H,26,27). The number of hydrogen-bond acceptors (Lipinski definition) is 5. The second kappa shape index (κ2) is 9.77. The van der Waals surface area contributed by atoms with Crippen molar-refractivity contribution in [3.63, 3.8) is 0 Å². The summed E-state index contributed by atoms with van der Waals surface area (Å²) in [5, 5.41) is 9.62. The van der Waals surface area contributed by atoms with Gasteiger partial charge in [0.2, 0.25) is 5.60 Å². The van der Waals surface area contributed by atoms with Crippen molar-refractivity contribution in [2.45, 2.75) is 38.1 Å². The maximum Gasteiger partial charge on any atom is 0.417 e. The van der Waals surface area contributed by atoms with E-state index in [9.17, 15) is 27.5 Å². The maximum absolute atomic E-state index is 13.9. The van der Waals surface area contributed by atoms with Gasteiger partial charge in [0.05, 0.1) is 10.2 Å². The molecule has 0 spiro atoms. The molecule has 2 rings (SSSR count). The Morgan fingerprint density at radius 2 is 1.83 bits per heavy atom. The van der Waals surface area contributed by atoms with Gasteiger partial charge in [0.1, 0.15) is 17.6 Å². The Balaban J connectivity index is 2.17. The fourth-order valence-corrected chi connectivity index (χ4v) is 3.01. The van der Waals surface area contributed by atoms with E-state index in [1.807, 2.05) is 22.6 Å². The summed E-state index contributed by atoms with van der Waals surface area (Å²) < 4.78 is 68.2. The average Bonchev–Trinajstić information content (AvgIpc) is 2.68. The van der Waals surface area contributed by atoms with Gasteiger partial charge in [-0.05, 0) is 43.7 Å². The molecule has 0 saturated carbocycles. The Morgan fingerprint density at radius 1 is 1.23 bits per heavy atom. The van der Waals surface area contributed by atoms with Crippen LogP contribution in [0.1, 0.15) is 25.8 Å². The lowest BCUT2D eigenvalue weighted by atomic mass is 9.96. The molecule has 0 bridgehead atoms. The molecule has 0 saturated heterocycles. The van der Waals surface area contributed by atoms with Gasteiger partial charge in [0, 0.05) is 6.20 Å². The number of carboxylic acids is 1. The molecule has 0 aliphatic rings. The molecule has 0 fully saturated rings. The third-order valence-corrected chi connectivity index (χ3v) is 4.54. The van der Waals surface area contributed by atoms with Crippen molar-refractivity contribution in [3.05, 3.63) is 47.9 Å². The summed E-state index contributed by atoms with van der Waals surface area (Å²) in [7, 11) is 0. The van der Waals surface area contributed by atoms with Crippen LogP contribution in [-0.2, 0) is 15.7 Å². The van der Waals surface area contributed by atoms with Gasteiger partial charge in [-0.15, -0.1) is 0 Å². The van der Waals surface area contributed by atoms with Gasteiger partial charge >= 0.3 is 12.1 Å². The van der Waals surface area contributed by atoms with E-state index in [0.29, 0.717) is 12.6 Å². The van der Waals surface area contributed by atoms with E-state index in [1.165, 1.54) is 31.2 Å². The van der Waals surface area contributed by atoms with Crippen molar-refractivity contribution in [2.24, 2.45) is 0 Å². The summed E-state index contributed by atoms with van der Waals surface area (Å²) in [5.74, 6) is -2.86. The smallest absolute Gasteiger partial charge is 0.417 e. The number of ether oxygens (including phenoxy) is 3. The van der Waals surface area contributed by atoms with Crippen molar-refractivity contribution in [1.29, 1.82) is 0 Å². The highest BCUT2D eigenvalue weighted by Gasteiger charge is 2.44. The number of rotatable bonds is 9. The molecular weight excluding hydrogens is 525 g/mol. The summed E-state index contributed by atoms with van der Waals surface area (Å²) in [6.45, 7) is 3.16. The number of pyridine rings is 1. The van der Waals surface area contributed by atoms with E-state index < -0.39 is 41.1 Å². The predicted octanol–water partition coefficient (Wildman–Crippen LogP) is 5.44. The molecule has 1 aromatic heterocycles. The van der Waals surface area contributed by atoms with E-state index >= 15 is 0 Å². The third kappa shape index (κ3) is 5.72. The molecule has 0 aliphatic carbocycles. The molecule has 0 aliphatic heterocycles. The first kappa shape index (κ1) is 24.1. The van der Waals surface area contributed by atoms with Crippen molar-refractivity contribution in [1.82, 2.24) is 4.98 Å². The van der Waals surface area contributed by atoms with Crippen LogP contribution in [0.4, 0.5) is 17.6 Å². The van der Waals surface area contributed by atoms with Crippen molar-refractivity contribution in [3.8, 4) is 17.4 Å². The van der Waals surface area contributed by atoms with E-state index in [-0.39, 0.29) is 22.2 Å². The van der Waals surface area contributed by atoms with Crippen LogP contribution in [-0.4, -0.2) is 32.4 Å². The van der Waals surface area contributed by atoms with Crippen molar-refractivity contribution < 1.29 is 41.7 Å². The number of benzene rings is 1. The largest absolute Gasteiger partial charge is 0.478 e. The normalized spacial score (nSPS) is 14.6. The molecule has 2 aromatic rings. The molecule has 2 atom stereocenters. The molecule has 2 unspecified atom stereocenters. The summed E-state index contributed by atoms with van der Waals surface area (Å²) >= 11 is 1.96. The van der Waals surface area contributed by atoms with E-state index in [2.05, 4.69) is 4.98 Å². The quantitative estimate of drug-likeness (QED) is 0.258. The average molecular weight is 543 g/mol. The van der Waals surface area contributed by atoms with Gasteiger partial charge in [-0.2, -0.15) is 13.2 Å². The minimum Gasteiger partial charge on any atom is -0.478 e. The summed E-state index contributed by atoms with van der Waals surface area (Å²) in [6.07, 6.45) is -4.58. The second-order valence-electron chi connectivity index (χ2n) is 6.27. The van der Waals surface area contributed by atoms with Gasteiger partial charge in [0.25, 0.3) is 5.88 Å². The molecule has 11 heteroatoms. The highest BCUT2D eigenvalue weighted by Crippen LogP contribution is 2.33. The van der Waals surface area contributed by atoms with Crippen LogP contribution in [0.15, 0.2) is 36.5 Å². The van der Waals surface area contributed by atoms with Crippen LogP contribution in [0.2, 0.25) is 0 Å². The van der Waals surface area contributed by atoms with Crippen LogP contribution >= 0.6 is 22.6 Å². The summed E-state index contributed by atoms with van der Waals surface area (Å²) in [4.78, 5) is 15.1. The molecule has 1 heterocycles. The molecule has 1 N–H and O–H groups in total. The lowest BCUT2D eigenvalue weighted by Gasteiger charge is -2.33. The first-order chi connectivity index (χ1) is 14.0. The van der Waals surface area contributed by atoms with Crippen LogP contribution in [0, 0.1) is 5.82 Å². The third-order valence-electron chi connectivity index (χ3n) is 4.18. The first-order valence-corrected chi connectivity index (χ1v) is 10.1. The van der Waals surface area contributed by atoms with Gasteiger partial charge in [-0.3, -0.25) is 0 Å². The van der Waals surface area contributed by atoms with Gasteiger partial charge < -0.3 is 19.3 Å². The molecule has 164 valence electrons. The number of aromatic nitrogens is 1. The lowest BCUT2D eigenvalue weighted by Crippen LogP contribution is -2.52. The Morgan fingerprint density at radius 3 is 2.30 bits per heavy atom. The Hall–Kier alpha value is -2.15. The number of halogens is 5. The van der Waals surface area contributed by atoms with Crippen LogP contribution in [0.3, 0.4) is 0 Å². The number of hydrogen-bond donors (Lipinski definition) is 1. The van der Waals surface area contributed by atoms with Crippen molar-refractivity contribution >= 4 is 28.6 Å². The topological polar surface area (TPSA) is 77.9 Å². The number of aliphatic carboxylic acids is 1. The molecule has 0 radical (unpaired) electrons. The molecule has 6 nitrogen and oxygen atoms in total. The first-order valence-electron chi connectivity index (χ1n) is 8.62. The second-order valence-corrected chi connectivity index (χ2v) is 6.89. The summed E-state index contributed by atoms with van der Waals surface area (Å²) in [5.41, 5.74) is -2.90. The van der Waals surface area contributed by atoms with Gasteiger partial charge in [-0.25, -0.2) is 14.2 Å². The molecule has 0 amide bonds. The Bertz CT molecular complexity index is 878. The molecule has 30 heavy (non-hydrogen) atoms. The Labute approximate surface area is 183 Å². The molecule has 1 aromatic carbocycles. The highest BCUT2D eigenvalue weighted by molar-refractivity contribution is 14.1. The van der Waals surface area contributed by atoms with Crippen molar-refractivity contribution in [2.75, 3.05) is 4.61 Å². The fourth-order valence-electron chi connectivity index (χ4n) is 2.58. The Kier molecular flexibility index (Phi) is 7.86. The van der Waals surface area contributed by atoms with E-state index in [0.717, 1.165) is 0 Å². The summed E-state index contributed by atoms with van der Waals surface area (Å²) in [6, 6.07) is 5.74. The zero-order valence-corrected chi connectivity index (χ0v) is 18.0. The zero-order chi connectivity index (χ0) is 22.5. The predicted molar refractivity (Wildman–Crippen MR) is 106 cm³/mol. The van der Waals surface area contributed by atoms with E-state index in [1.54, 1.807) is 6.92 Å². The zero-order valence-electron chi connectivity index (χ0n) is 15.9. The maximum atomic E-state index is 13.9. The fraction of sp³-hybridized carbons (Fsp3) is 0.368. The SMILES string of the molecule is CCC(OCI)C(C)(Oc1ccc(Oc2ncc(C(F)(F)F)cc2F)cc1)C(=O)O. The van der Waals surface area contributed by atoms with Crippen LogP contribution in [0.5, 0.6) is 17.4 Å². The van der Waals surface area contributed by atoms with E-state index in [4.69, 9.17) is 14.2 Å². The minimum absolute atomic E-state index is 0.0705. The van der Waals surface area contributed by atoms with Crippen LogP contribution < -0.4 is 9.47 Å². The van der Waals surface area contributed by atoms with Gasteiger partial charge in [-0.1, -0.05) is 29.5 Å². The molecular formula is C19H18F4INO5. The van der Waals surface area contributed by atoms with Gasteiger partial charge in [0.15, 0.2) is 5.82 Å². The lowest BCUT2D eigenvalue weighted by molar-refractivity contribution is -0.167. The number of carbonyl (C=O) groups is 1. The van der Waals surface area contributed by atoms with Crippen LogP contribution in [0.25, 0.3) is 0 Å². The minimum atomic E-state index is -4.72. The monoisotopic (exact) mass is 543 g/mol. The number of nitrogens with zero attached hydrogens (tertiary/aromatic N) is 1.